The van der Waals surface area contributed by atoms with Crippen molar-refractivity contribution in [3.63, 3.8) is 0 Å². The molecule has 0 saturated carbocycles. The van der Waals surface area contributed by atoms with E-state index in [4.69, 9.17) is 19.4 Å². The minimum Gasteiger partial charge on any atom is -0.449 e. The van der Waals surface area contributed by atoms with Gasteiger partial charge in [0.2, 0.25) is 0 Å². The van der Waals surface area contributed by atoms with Gasteiger partial charge in [0.25, 0.3) is 0 Å². The molecule has 0 unspecified atom stereocenters. The summed E-state index contributed by atoms with van der Waals surface area (Å²) in [5.74, 6) is 3.38. The fraction of sp³-hybridized carbons (Fsp3) is 0.0612. The molecule has 4 heteroatoms. The summed E-state index contributed by atoms with van der Waals surface area (Å²) in [7, 11) is 0. The highest BCUT2D eigenvalue weighted by Crippen LogP contribution is 2.59. The first-order chi connectivity index (χ1) is 26.0. The quantitative estimate of drug-likeness (QED) is 0.181. The minimum atomic E-state index is -0.140. The van der Waals surface area contributed by atoms with Gasteiger partial charge in [0.1, 0.15) is 0 Å². The van der Waals surface area contributed by atoms with Gasteiger partial charge in [-0.15, -0.1) is 0 Å². The number of fused-ring (bicyclic) bond motifs is 6. The molecule has 8 aromatic rings. The van der Waals surface area contributed by atoms with Gasteiger partial charge in [-0.2, -0.15) is 0 Å². The first-order valence-corrected chi connectivity index (χ1v) is 18.0. The van der Waals surface area contributed by atoms with Gasteiger partial charge in [0.05, 0.1) is 11.4 Å². The number of ether oxygens (including phenoxy) is 2. The molecule has 0 bridgehead atoms. The maximum absolute atomic E-state index is 6.81. The molecule has 10 rings (SSSR count). The number of hydrogen-bond donors (Lipinski definition) is 0. The van der Waals surface area contributed by atoms with Crippen molar-refractivity contribution in [3.8, 4) is 90.3 Å². The van der Waals surface area contributed by atoms with Crippen LogP contribution >= 0.6 is 0 Å². The molecule has 0 fully saturated rings. The molecule has 1 aliphatic heterocycles. The van der Waals surface area contributed by atoms with Crippen LogP contribution in [0.3, 0.4) is 0 Å². The van der Waals surface area contributed by atoms with Gasteiger partial charge < -0.3 is 9.47 Å². The SMILES string of the molecule is CC1(C)c2ccccc2-c2c1ccc1c2Oc2cccc(-c3cc(-c4ccc(-c5ccccc5)cc4)nc(-c4ccc(-c5ccccc5)cc4)n3)c2O1. The summed E-state index contributed by atoms with van der Waals surface area (Å²) < 4.78 is 13.6. The lowest BCUT2D eigenvalue weighted by atomic mass is 9.82. The molecule has 252 valence electrons. The number of para-hydroxylation sites is 1. The fourth-order valence-corrected chi connectivity index (χ4v) is 7.82. The van der Waals surface area contributed by atoms with Crippen LogP contribution in [0.1, 0.15) is 25.0 Å². The second kappa shape index (κ2) is 12.2. The van der Waals surface area contributed by atoms with Gasteiger partial charge in [-0.3, -0.25) is 0 Å². The van der Waals surface area contributed by atoms with E-state index in [1.165, 1.54) is 27.8 Å². The molecule has 1 aliphatic carbocycles. The predicted octanol–water partition coefficient (Wildman–Crippen LogP) is 13.0. The molecule has 1 aromatic heterocycles. The van der Waals surface area contributed by atoms with Crippen LogP contribution in [0.25, 0.3) is 67.3 Å². The van der Waals surface area contributed by atoms with Crippen molar-refractivity contribution in [1.29, 1.82) is 0 Å². The van der Waals surface area contributed by atoms with Crippen molar-refractivity contribution >= 4 is 0 Å². The third kappa shape index (κ3) is 5.22. The normalized spacial score (nSPS) is 13.2. The minimum absolute atomic E-state index is 0.140. The number of hydrogen-bond acceptors (Lipinski definition) is 4. The lowest BCUT2D eigenvalue weighted by molar-refractivity contribution is 0.361. The Kier molecular flexibility index (Phi) is 7.12. The largest absolute Gasteiger partial charge is 0.449 e. The number of rotatable bonds is 5. The standard InChI is InChI=1S/C49H34N2O2/c1-49(2)39-18-10-9-16-37(39)45-40(49)28-29-44-47(45)53-43-19-11-17-38(46(43)52-44)42-30-41(35-24-20-33(21-25-35)31-12-5-3-6-13-31)50-48(51-42)36-26-22-34(23-27-36)32-14-7-4-8-15-32/h3-30H,1-2H3. The fourth-order valence-electron chi connectivity index (χ4n) is 7.82. The van der Waals surface area contributed by atoms with Crippen molar-refractivity contribution in [1.82, 2.24) is 9.97 Å². The van der Waals surface area contributed by atoms with Gasteiger partial charge in [-0.25, -0.2) is 9.97 Å². The second-order valence-corrected chi connectivity index (χ2v) is 14.2. The molecule has 2 heterocycles. The molecule has 0 amide bonds. The van der Waals surface area contributed by atoms with Crippen LogP contribution in [0.15, 0.2) is 170 Å². The Morgan fingerprint density at radius 1 is 0.396 bits per heavy atom. The molecule has 0 saturated heterocycles. The number of nitrogens with zero attached hydrogens (tertiary/aromatic N) is 2. The van der Waals surface area contributed by atoms with Crippen molar-refractivity contribution in [2.75, 3.05) is 0 Å². The second-order valence-electron chi connectivity index (χ2n) is 14.2. The first kappa shape index (κ1) is 31.0. The molecule has 0 N–H and O–H groups in total. The Hall–Kier alpha value is -6.78. The Labute approximate surface area is 309 Å². The van der Waals surface area contributed by atoms with E-state index in [0.29, 0.717) is 23.1 Å². The highest BCUT2D eigenvalue weighted by Gasteiger charge is 2.39. The highest BCUT2D eigenvalue weighted by molar-refractivity contribution is 5.89. The van der Waals surface area contributed by atoms with Gasteiger partial charge in [-0.05, 0) is 63.2 Å². The Morgan fingerprint density at radius 2 is 0.925 bits per heavy atom. The number of benzene rings is 7. The van der Waals surface area contributed by atoms with Crippen LogP contribution in [0.5, 0.6) is 23.0 Å². The first-order valence-electron chi connectivity index (χ1n) is 18.0. The Morgan fingerprint density at radius 3 is 1.62 bits per heavy atom. The Bertz CT molecular complexity index is 2560. The number of aromatic nitrogens is 2. The zero-order chi connectivity index (χ0) is 35.5. The van der Waals surface area contributed by atoms with E-state index in [1.54, 1.807) is 0 Å². The summed E-state index contributed by atoms with van der Waals surface area (Å²) in [6.07, 6.45) is 0. The lowest BCUT2D eigenvalue weighted by Gasteiger charge is -2.26. The Balaban J connectivity index is 1.08. The molecule has 4 nitrogen and oxygen atoms in total. The van der Waals surface area contributed by atoms with Crippen LogP contribution in [-0.4, -0.2) is 9.97 Å². The average molecular weight is 683 g/mol. The third-order valence-corrected chi connectivity index (χ3v) is 10.6. The average Bonchev–Trinajstić information content (AvgIpc) is 3.46. The van der Waals surface area contributed by atoms with Crippen LogP contribution < -0.4 is 9.47 Å². The van der Waals surface area contributed by atoms with Crippen LogP contribution in [0.4, 0.5) is 0 Å². The van der Waals surface area contributed by atoms with Gasteiger partial charge in [0.15, 0.2) is 28.8 Å². The summed E-state index contributed by atoms with van der Waals surface area (Å²) in [6.45, 7) is 4.54. The zero-order valence-electron chi connectivity index (χ0n) is 29.4. The molecular formula is C49H34N2O2. The zero-order valence-corrected chi connectivity index (χ0v) is 29.4. The summed E-state index contributed by atoms with van der Waals surface area (Å²) >= 11 is 0. The van der Waals surface area contributed by atoms with Crippen molar-refractivity contribution in [3.05, 3.63) is 181 Å². The van der Waals surface area contributed by atoms with Crippen LogP contribution in [0, 0.1) is 0 Å². The van der Waals surface area contributed by atoms with E-state index >= 15 is 0 Å². The maximum Gasteiger partial charge on any atom is 0.179 e. The third-order valence-electron chi connectivity index (χ3n) is 10.6. The van der Waals surface area contributed by atoms with E-state index in [2.05, 4.69) is 147 Å². The molecule has 0 radical (unpaired) electrons. The van der Waals surface area contributed by atoms with E-state index in [1.807, 2.05) is 36.4 Å². The highest BCUT2D eigenvalue weighted by atomic mass is 16.6. The smallest absolute Gasteiger partial charge is 0.179 e. The molecule has 0 atom stereocenters. The maximum atomic E-state index is 6.81. The van der Waals surface area contributed by atoms with Crippen LogP contribution in [-0.2, 0) is 5.41 Å². The van der Waals surface area contributed by atoms with Crippen molar-refractivity contribution in [2.45, 2.75) is 19.3 Å². The van der Waals surface area contributed by atoms with Crippen molar-refractivity contribution in [2.24, 2.45) is 0 Å². The molecule has 7 aromatic carbocycles. The summed E-state index contributed by atoms with van der Waals surface area (Å²) in [6, 6.07) is 58.7. The summed E-state index contributed by atoms with van der Waals surface area (Å²) in [5.41, 5.74) is 13.6. The molecule has 0 spiro atoms. The molecule has 2 aliphatic rings. The van der Waals surface area contributed by atoms with Gasteiger partial charge in [0, 0.05) is 27.7 Å². The molecule has 53 heavy (non-hydrogen) atoms. The van der Waals surface area contributed by atoms with Gasteiger partial charge in [-0.1, -0.05) is 159 Å². The summed E-state index contributed by atoms with van der Waals surface area (Å²) in [4.78, 5) is 10.3. The van der Waals surface area contributed by atoms with Crippen LogP contribution in [0.2, 0.25) is 0 Å². The van der Waals surface area contributed by atoms with E-state index in [9.17, 15) is 0 Å². The lowest BCUT2D eigenvalue weighted by Crippen LogP contribution is -2.15. The van der Waals surface area contributed by atoms with Gasteiger partial charge >= 0.3 is 0 Å². The topological polar surface area (TPSA) is 44.2 Å². The van der Waals surface area contributed by atoms with E-state index in [-0.39, 0.29) is 5.41 Å². The van der Waals surface area contributed by atoms with E-state index < -0.39 is 0 Å². The van der Waals surface area contributed by atoms with Crippen molar-refractivity contribution < 1.29 is 9.47 Å². The summed E-state index contributed by atoms with van der Waals surface area (Å²) in [5, 5.41) is 0. The molecular weight excluding hydrogens is 649 g/mol. The monoisotopic (exact) mass is 682 g/mol. The van der Waals surface area contributed by atoms with E-state index in [0.717, 1.165) is 50.5 Å². The predicted molar refractivity (Wildman–Crippen MR) is 213 cm³/mol.